The number of amidine groups is 1. The number of nitriles is 1. The van der Waals surface area contributed by atoms with Crippen LogP contribution in [0.5, 0.6) is 0 Å². The van der Waals surface area contributed by atoms with E-state index in [9.17, 15) is 4.79 Å². The number of allylic oxidation sites excluding steroid dienone is 1. The lowest BCUT2D eigenvalue weighted by atomic mass is 10.0. The lowest BCUT2D eigenvalue weighted by molar-refractivity contribution is 0.0968. The Hall–Kier alpha value is -4.29. The van der Waals surface area contributed by atoms with Crippen molar-refractivity contribution in [2.24, 2.45) is 15.9 Å². The highest BCUT2D eigenvalue weighted by Crippen LogP contribution is 2.38. The molecule has 0 amide bonds. The number of likely N-dealkylation sites (N-methyl/N-ethyl adjacent to an activating group) is 1. The average molecular weight is 507 g/mol. The molecule has 0 N–H and O–H groups in total. The van der Waals surface area contributed by atoms with Crippen molar-refractivity contribution >= 4 is 33.9 Å². The summed E-state index contributed by atoms with van der Waals surface area (Å²) in [7, 11) is 3.94. The summed E-state index contributed by atoms with van der Waals surface area (Å²) in [6.45, 7) is 5.80. The van der Waals surface area contributed by atoms with E-state index in [-0.39, 0.29) is 17.5 Å². The van der Waals surface area contributed by atoms with Gasteiger partial charge < -0.3 is 9.80 Å². The summed E-state index contributed by atoms with van der Waals surface area (Å²) in [5.74, 6) is 1.18. The van der Waals surface area contributed by atoms with Gasteiger partial charge in [-0.15, -0.1) is 0 Å². The molecule has 2 aliphatic rings. The van der Waals surface area contributed by atoms with E-state index >= 15 is 0 Å². The van der Waals surface area contributed by atoms with Crippen molar-refractivity contribution in [2.75, 3.05) is 40.3 Å². The van der Waals surface area contributed by atoms with Gasteiger partial charge in [-0.3, -0.25) is 19.8 Å². The number of fused-ring (bicyclic) bond motifs is 1. The van der Waals surface area contributed by atoms with E-state index in [1.54, 1.807) is 18.6 Å². The first-order valence-electron chi connectivity index (χ1n) is 12.8. The Labute approximate surface area is 222 Å². The molecule has 1 aliphatic heterocycles. The molecular weight excluding hydrogens is 476 g/mol. The van der Waals surface area contributed by atoms with Gasteiger partial charge in [0.15, 0.2) is 5.78 Å². The second-order valence-electron chi connectivity index (χ2n) is 9.76. The van der Waals surface area contributed by atoms with Crippen molar-refractivity contribution in [2.45, 2.75) is 19.8 Å². The van der Waals surface area contributed by atoms with Gasteiger partial charge in [0.1, 0.15) is 11.9 Å². The van der Waals surface area contributed by atoms with Crippen LogP contribution < -0.4 is 0 Å². The van der Waals surface area contributed by atoms with Crippen molar-refractivity contribution in [3.8, 4) is 17.2 Å². The molecule has 1 saturated carbocycles. The minimum absolute atomic E-state index is 0.0465. The molecule has 9 heteroatoms. The Morgan fingerprint density at radius 3 is 2.45 bits per heavy atom. The van der Waals surface area contributed by atoms with Gasteiger partial charge in [-0.05, 0) is 56.7 Å². The molecule has 192 valence electrons. The van der Waals surface area contributed by atoms with Crippen molar-refractivity contribution in [1.29, 1.82) is 5.26 Å². The second-order valence-corrected chi connectivity index (χ2v) is 9.76. The topological polar surface area (TPSA) is 111 Å². The Morgan fingerprint density at radius 2 is 1.79 bits per heavy atom. The normalized spacial score (nSPS) is 17.3. The predicted octanol–water partition coefficient (Wildman–Crippen LogP) is 4.08. The summed E-state index contributed by atoms with van der Waals surface area (Å²) in [6.07, 6.45) is 10.7. The largest absolute Gasteiger partial charge is 0.354 e. The molecule has 0 bridgehead atoms. The third kappa shape index (κ3) is 5.50. The maximum Gasteiger partial charge on any atom is 0.232 e. The minimum atomic E-state index is 0.0465. The summed E-state index contributed by atoms with van der Waals surface area (Å²) in [5.41, 5.74) is 4.32. The zero-order chi connectivity index (χ0) is 26.6. The number of hydrogen-bond acceptors (Lipinski definition) is 8. The Bertz CT molecular complexity index is 1490. The quantitative estimate of drug-likeness (QED) is 0.281. The molecule has 1 aliphatic carbocycles. The summed E-state index contributed by atoms with van der Waals surface area (Å²) in [6, 6.07) is 7.75. The first-order chi connectivity index (χ1) is 18.5. The molecule has 0 atom stereocenters. The number of pyridine rings is 1. The maximum absolute atomic E-state index is 13.2. The van der Waals surface area contributed by atoms with E-state index in [4.69, 9.17) is 10.3 Å². The fourth-order valence-corrected chi connectivity index (χ4v) is 4.52. The number of ketones is 1. The van der Waals surface area contributed by atoms with Gasteiger partial charge in [0.25, 0.3) is 0 Å². The number of carbonyl (C=O) groups excluding carboxylic acids is 1. The van der Waals surface area contributed by atoms with Crippen LogP contribution in [0.4, 0.5) is 5.69 Å². The van der Waals surface area contributed by atoms with E-state index in [2.05, 4.69) is 36.8 Å². The van der Waals surface area contributed by atoms with Crippen LogP contribution in [-0.4, -0.2) is 82.4 Å². The van der Waals surface area contributed by atoms with Gasteiger partial charge in [0.05, 0.1) is 16.8 Å². The van der Waals surface area contributed by atoms with Crippen molar-refractivity contribution in [3.63, 3.8) is 0 Å². The highest BCUT2D eigenvalue weighted by atomic mass is 16.1. The second kappa shape index (κ2) is 11.0. The van der Waals surface area contributed by atoms with Crippen LogP contribution in [-0.2, 0) is 0 Å². The average Bonchev–Trinajstić information content (AvgIpc) is 3.80. The van der Waals surface area contributed by atoms with Gasteiger partial charge in [-0.1, -0.05) is 6.07 Å². The number of benzene rings is 1. The number of Topliss-reactive ketones (excluding diaryl/α,β-unsaturated/α-hetero) is 1. The standard InChI is InChI=1S/C29H30N8O/c1-19(4-9-27(31-2)37-12-10-36(3)11-13-37)35-28-23-14-21(22-16-33-26(15-30)34-17-22)7-8-25(23)32-18-24(28)29(38)20-5-6-20/h4,7-9,14,16-18,20H,5-6,10-13H2,1-3H3/b9-4-,31-27?,35-19?. The smallest absolute Gasteiger partial charge is 0.232 e. The molecular formula is C29H30N8O. The van der Waals surface area contributed by atoms with E-state index < -0.39 is 0 Å². The maximum atomic E-state index is 13.2. The summed E-state index contributed by atoms with van der Waals surface area (Å²) < 4.78 is 0. The fourth-order valence-electron chi connectivity index (χ4n) is 4.52. The SMILES string of the molecule is CN=C(/C=C\C(C)=Nc1c(C(=O)C2CC2)cnc2ccc(-c3cnc(C#N)nc3)cc12)N1CCN(C)CC1. The lowest BCUT2D eigenvalue weighted by Crippen LogP contribution is -2.46. The zero-order valence-corrected chi connectivity index (χ0v) is 21.9. The van der Waals surface area contributed by atoms with Crippen LogP contribution in [0, 0.1) is 17.2 Å². The van der Waals surface area contributed by atoms with Gasteiger partial charge in [-0.2, -0.15) is 5.26 Å². The monoisotopic (exact) mass is 506 g/mol. The Balaban J connectivity index is 1.53. The number of carbonyl (C=O) groups is 1. The van der Waals surface area contributed by atoms with Crippen LogP contribution in [0.3, 0.4) is 0 Å². The van der Waals surface area contributed by atoms with Crippen LogP contribution in [0.15, 0.2) is 58.9 Å². The van der Waals surface area contributed by atoms with Crippen molar-refractivity contribution in [3.05, 3.63) is 60.3 Å². The van der Waals surface area contributed by atoms with Crippen LogP contribution >= 0.6 is 0 Å². The molecule has 1 aromatic carbocycles. The Morgan fingerprint density at radius 1 is 1.05 bits per heavy atom. The first kappa shape index (κ1) is 25.4. The first-order valence-corrected chi connectivity index (χ1v) is 12.8. The third-order valence-electron chi connectivity index (χ3n) is 6.96. The molecule has 1 saturated heterocycles. The van der Waals surface area contributed by atoms with Gasteiger partial charge >= 0.3 is 0 Å². The number of aliphatic imine (C=N–C) groups is 2. The molecule has 38 heavy (non-hydrogen) atoms. The molecule has 5 rings (SSSR count). The number of aromatic nitrogens is 3. The van der Waals surface area contributed by atoms with E-state index in [0.717, 1.165) is 72.6 Å². The zero-order valence-electron chi connectivity index (χ0n) is 21.9. The summed E-state index contributed by atoms with van der Waals surface area (Å²) in [4.78, 5) is 40.0. The van der Waals surface area contributed by atoms with Crippen LogP contribution in [0.25, 0.3) is 22.0 Å². The van der Waals surface area contributed by atoms with Gasteiger partial charge in [0, 0.05) is 74.4 Å². The molecule has 2 aromatic heterocycles. The summed E-state index contributed by atoms with van der Waals surface area (Å²) >= 11 is 0. The highest BCUT2D eigenvalue weighted by molar-refractivity contribution is 6.11. The van der Waals surface area contributed by atoms with Crippen LogP contribution in [0.2, 0.25) is 0 Å². The van der Waals surface area contributed by atoms with E-state index in [1.807, 2.05) is 50.4 Å². The van der Waals surface area contributed by atoms with E-state index in [0.29, 0.717) is 11.3 Å². The van der Waals surface area contributed by atoms with Crippen molar-refractivity contribution < 1.29 is 4.79 Å². The minimum Gasteiger partial charge on any atom is -0.354 e. The van der Waals surface area contributed by atoms with Crippen LogP contribution in [0.1, 0.15) is 35.9 Å². The molecule has 3 aromatic rings. The number of nitrogens with zero attached hydrogens (tertiary/aromatic N) is 8. The fraction of sp³-hybridized carbons (Fsp3) is 0.345. The lowest BCUT2D eigenvalue weighted by Gasteiger charge is -2.33. The molecule has 3 heterocycles. The number of rotatable bonds is 6. The van der Waals surface area contributed by atoms with Crippen molar-refractivity contribution in [1.82, 2.24) is 24.8 Å². The predicted molar refractivity (Wildman–Crippen MR) is 149 cm³/mol. The molecule has 9 nitrogen and oxygen atoms in total. The Kier molecular flexibility index (Phi) is 7.33. The number of piperazine rings is 1. The highest BCUT2D eigenvalue weighted by Gasteiger charge is 2.32. The molecule has 2 fully saturated rings. The van der Waals surface area contributed by atoms with E-state index in [1.165, 1.54) is 0 Å². The summed E-state index contributed by atoms with van der Waals surface area (Å²) in [5, 5.41) is 9.81. The molecule has 0 spiro atoms. The van der Waals surface area contributed by atoms with Gasteiger partial charge in [0.2, 0.25) is 5.82 Å². The number of hydrogen-bond donors (Lipinski definition) is 0. The molecule has 0 radical (unpaired) electrons. The third-order valence-corrected chi connectivity index (χ3v) is 6.96. The van der Waals surface area contributed by atoms with Gasteiger partial charge in [-0.25, -0.2) is 9.97 Å². The molecule has 0 unspecified atom stereocenters.